The topological polar surface area (TPSA) is 79.7 Å². The molecule has 1 aliphatic heterocycles. The van der Waals surface area contributed by atoms with E-state index in [1.54, 1.807) is 34.7 Å². The van der Waals surface area contributed by atoms with Crippen LogP contribution in [0.2, 0.25) is 0 Å². The molecule has 0 radical (unpaired) electrons. The molecule has 0 bridgehead atoms. The Kier molecular flexibility index (Phi) is 5.11. The predicted molar refractivity (Wildman–Crippen MR) is 101 cm³/mol. The molecule has 1 saturated heterocycles. The smallest absolute Gasteiger partial charge is 0.326 e. The molecule has 1 saturated carbocycles. The summed E-state index contributed by atoms with van der Waals surface area (Å²) in [6.45, 7) is 0.341. The molecule has 2 aromatic rings. The number of hydrogen-bond acceptors (Lipinski definition) is 5. The van der Waals surface area contributed by atoms with Crippen LogP contribution < -0.4 is 4.74 Å². The number of carboxylic acid groups (broad SMARTS) is 1. The van der Waals surface area contributed by atoms with Crippen LogP contribution in [0.4, 0.5) is 0 Å². The average molecular weight is 386 g/mol. The molecular formula is C20H22N2O4S. The van der Waals surface area contributed by atoms with E-state index < -0.39 is 12.0 Å². The number of thiazole rings is 1. The number of amides is 1. The Bertz CT molecular complexity index is 823. The van der Waals surface area contributed by atoms with Crippen LogP contribution in [0.1, 0.15) is 48.2 Å². The highest BCUT2D eigenvalue weighted by Gasteiger charge is 2.47. The first-order valence-corrected chi connectivity index (χ1v) is 10.2. The fourth-order valence-electron chi connectivity index (χ4n) is 4.31. The zero-order chi connectivity index (χ0) is 18.8. The lowest BCUT2D eigenvalue weighted by atomic mass is 9.84. The molecule has 1 aromatic carbocycles. The molecular weight excluding hydrogens is 364 g/mol. The van der Waals surface area contributed by atoms with E-state index in [9.17, 15) is 14.7 Å². The van der Waals surface area contributed by atoms with Crippen LogP contribution in [0.3, 0.4) is 0 Å². The zero-order valence-corrected chi connectivity index (χ0v) is 15.7. The Morgan fingerprint density at radius 1 is 1.30 bits per heavy atom. The number of nitrogens with zero attached hydrogens (tertiary/aromatic N) is 2. The predicted octanol–water partition coefficient (Wildman–Crippen LogP) is 3.58. The molecule has 27 heavy (non-hydrogen) atoms. The monoisotopic (exact) mass is 386 g/mol. The molecule has 4 rings (SSSR count). The standard InChI is InChI=1S/C20H22N2O4S/c23-19(22-17-7-2-1-4-13(17)9-18(22)20(24)25)14-5-3-6-16(8-14)26-10-15-11-27-12-21-15/h3,5-6,8,11-13,17-18H,1-2,4,7,9-10H2,(H,24,25)/t13-,17+,18-/m0/s1. The summed E-state index contributed by atoms with van der Waals surface area (Å²) in [5, 5.41) is 11.6. The van der Waals surface area contributed by atoms with E-state index in [0.29, 0.717) is 30.3 Å². The van der Waals surface area contributed by atoms with E-state index in [0.717, 1.165) is 31.4 Å². The molecule has 1 aliphatic carbocycles. The van der Waals surface area contributed by atoms with Crippen LogP contribution >= 0.6 is 11.3 Å². The SMILES string of the molecule is O=C(O)[C@@H]1C[C@@H]2CCCC[C@H]2N1C(=O)c1cccc(OCc2cscn2)c1. The Hall–Kier alpha value is -2.41. The van der Waals surface area contributed by atoms with Gasteiger partial charge in [-0.3, -0.25) is 4.79 Å². The molecule has 2 aliphatic rings. The Balaban J connectivity index is 1.53. The van der Waals surface area contributed by atoms with Gasteiger partial charge >= 0.3 is 5.97 Å². The summed E-state index contributed by atoms with van der Waals surface area (Å²) < 4.78 is 5.74. The van der Waals surface area contributed by atoms with Gasteiger partial charge in [0.2, 0.25) is 0 Å². The van der Waals surface area contributed by atoms with Crippen molar-refractivity contribution in [2.24, 2.45) is 5.92 Å². The van der Waals surface area contributed by atoms with E-state index >= 15 is 0 Å². The number of carbonyl (C=O) groups excluding carboxylic acids is 1. The first kappa shape index (κ1) is 18.0. The van der Waals surface area contributed by atoms with Gasteiger partial charge in [0.15, 0.2) is 0 Å². The minimum atomic E-state index is -0.909. The number of rotatable bonds is 5. The minimum Gasteiger partial charge on any atom is -0.487 e. The van der Waals surface area contributed by atoms with Crippen LogP contribution in [0.25, 0.3) is 0 Å². The van der Waals surface area contributed by atoms with Crippen molar-refractivity contribution in [1.29, 1.82) is 0 Å². The van der Waals surface area contributed by atoms with E-state index in [4.69, 9.17) is 4.74 Å². The van der Waals surface area contributed by atoms with Crippen molar-refractivity contribution in [1.82, 2.24) is 9.88 Å². The third-order valence-corrected chi connectivity index (χ3v) is 6.19. The molecule has 3 atom stereocenters. The number of ether oxygens (including phenoxy) is 1. The van der Waals surface area contributed by atoms with E-state index in [2.05, 4.69) is 4.98 Å². The van der Waals surface area contributed by atoms with Crippen LogP contribution in [-0.2, 0) is 11.4 Å². The van der Waals surface area contributed by atoms with Crippen molar-refractivity contribution in [3.8, 4) is 5.75 Å². The van der Waals surface area contributed by atoms with Gasteiger partial charge in [-0.25, -0.2) is 9.78 Å². The van der Waals surface area contributed by atoms with Crippen LogP contribution in [0, 0.1) is 5.92 Å². The van der Waals surface area contributed by atoms with Crippen LogP contribution in [-0.4, -0.2) is 39.0 Å². The Labute approximate surface area is 161 Å². The quantitative estimate of drug-likeness (QED) is 0.850. The van der Waals surface area contributed by atoms with Crippen molar-refractivity contribution in [3.05, 3.63) is 46.4 Å². The number of carbonyl (C=O) groups is 2. The lowest BCUT2D eigenvalue weighted by molar-refractivity contribution is -0.141. The third-order valence-electron chi connectivity index (χ3n) is 5.56. The summed E-state index contributed by atoms with van der Waals surface area (Å²) in [6.07, 6.45) is 4.63. The van der Waals surface area contributed by atoms with Gasteiger partial charge in [-0.2, -0.15) is 0 Å². The van der Waals surface area contributed by atoms with Crippen molar-refractivity contribution >= 4 is 23.2 Å². The van der Waals surface area contributed by atoms with E-state index in [1.807, 2.05) is 5.38 Å². The van der Waals surface area contributed by atoms with Gasteiger partial charge in [0.1, 0.15) is 18.4 Å². The molecule has 1 amide bonds. The third kappa shape index (κ3) is 3.69. The van der Waals surface area contributed by atoms with Gasteiger partial charge in [0, 0.05) is 17.0 Å². The maximum atomic E-state index is 13.2. The Morgan fingerprint density at radius 3 is 2.93 bits per heavy atom. The van der Waals surface area contributed by atoms with Crippen LogP contribution in [0.15, 0.2) is 35.2 Å². The lowest BCUT2D eigenvalue weighted by Gasteiger charge is -2.33. The summed E-state index contributed by atoms with van der Waals surface area (Å²) in [6, 6.07) is 6.30. The highest BCUT2D eigenvalue weighted by molar-refractivity contribution is 7.07. The number of aromatic nitrogens is 1. The van der Waals surface area contributed by atoms with Gasteiger partial charge in [0.05, 0.1) is 11.2 Å². The maximum absolute atomic E-state index is 13.2. The van der Waals surface area contributed by atoms with Crippen molar-refractivity contribution < 1.29 is 19.4 Å². The number of fused-ring (bicyclic) bond motifs is 1. The number of carboxylic acids is 1. The number of benzene rings is 1. The molecule has 0 spiro atoms. The molecule has 1 aromatic heterocycles. The van der Waals surface area contributed by atoms with Gasteiger partial charge in [-0.05, 0) is 43.4 Å². The largest absolute Gasteiger partial charge is 0.487 e. The summed E-state index contributed by atoms with van der Waals surface area (Å²) >= 11 is 1.51. The average Bonchev–Trinajstić information content (AvgIpc) is 3.33. The number of likely N-dealkylation sites (tertiary alicyclic amines) is 1. The second kappa shape index (κ2) is 7.68. The number of hydrogen-bond donors (Lipinski definition) is 1. The van der Waals surface area contributed by atoms with Gasteiger partial charge in [-0.15, -0.1) is 11.3 Å². The summed E-state index contributed by atoms with van der Waals surface area (Å²) in [5.41, 5.74) is 3.06. The van der Waals surface area contributed by atoms with Gasteiger partial charge in [0.25, 0.3) is 5.91 Å². The van der Waals surface area contributed by atoms with Gasteiger partial charge in [-0.1, -0.05) is 18.9 Å². The van der Waals surface area contributed by atoms with E-state index in [-0.39, 0.29) is 11.9 Å². The second-order valence-electron chi connectivity index (χ2n) is 7.21. The second-order valence-corrected chi connectivity index (χ2v) is 7.93. The normalized spacial score (nSPS) is 24.4. The lowest BCUT2D eigenvalue weighted by Crippen LogP contribution is -2.46. The summed E-state index contributed by atoms with van der Waals surface area (Å²) in [7, 11) is 0. The van der Waals surface area contributed by atoms with Gasteiger partial charge < -0.3 is 14.7 Å². The molecule has 142 valence electrons. The minimum absolute atomic E-state index is 0.0342. The number of aliphatic carboxylic acids is 1. The molecule has 1 N–H and O–H groups in total. The fourth-order valence-corrected chi connectivity index (χ4v) is 4.85. The van der Waals surface area contributed by atoms with Crippen LogP contribution in [0.5, 0.6) is 5.75 Å². The molecule has 2 fully saturated rings. The molecule has 2 heterocycles. The maximum Gasteiger partial charge on any atom is 0.326 e. The van der Waals surface area contributed by atoms with E-state index in [1.165, 1.54) is 11.3 Å². The molecule has 0 unspecified atom stereocenters. The highest BCUT2D eigenvalue weighted by atomic mass is 32.1. The van der Waals surface area contributed by atoms with Crippen molar-refractivity contribution in [2.45, 2.75) is 50.8 Å². The summed E-state index contributed by atoms with van der Waals surface area (Å²) in [4.78, 5) is 30.8. The Morgan fingerprint density at radius 2 is 2.15 bits per heavy atom. The first-order chi connectivity index (χ1) is 13.1. The fraction of sp³-hybridized carbons (Fsp3) is 0.450. The summed E-state index contributed by atoms with van der Waals surface area (Å²) in [5.74, 6) is -0.238. The molecule has 6 nitrogen and oxygen atoms in total. The highest BCUT2D eigenvalue weighted by Crippen LogP contribution is 2.40. The first-order valence-electron chi connectivity index (χ1n) is 9.29. The zero-order valence-electron chi connectivity index (χ0n) is 14.9. The van der Waals surface area contributed by atoms with Crippen molar-refractivity contribution in [2.75, 3.05) is 0 Å². The molecule has 7 heteroatoms. The van der Waals surface area contributed by atoms with Crippen molar-refractivity contribution in [3.63, 3.8) is 0 Å².